The normalized spacial score (nSPS) is 16.4. The number of anilines is 1. The third kappa shape index (κ3) is 3.04. The highest BCUT2D eigenvalue weighted by molar-refractivity contribution is 6.30. The lowest BCUT2D eigenvalue weighted by molar-refractivity contribution is 0.254. The van der Waals surface area contributed by atoms with Gasteiger partial charge in [-0.05, 0) is 32.0 Å². The van der Waals surface area contributed by atoms with E-state index in [-0.39, 0.29) is 0 Å². The summed E-state index contributed by atoms with van der Waals surface area (Å²) in [5.41, 5.74) is 0.807. The minimum absolute atomic E-state index is 0.659. The van der Waals surface area contributed by atoms with Gasteiger partial charge in [0, 0.05) is 25.3 Å². The van der Waals surface area contributed by atoms with E-state index in [9.17, 15) is 0 Å². The zero-order valence-electron chi connectivity index (χ0n) is 11.7. The summed E-state index contributed by atoms with van der Waals surface area (Å²) in [5, 5.41) is 8.30. The summed E-state index contributed by atoms with van der Waals surface area (Å²) in [6, 6.07) is 4.44. The quantitative estimate of drug-likeness (QED) is 0.920. The molecule has 0 atom stereocenters. The van der Waals surface area contributed by atoms with Gasteiger partial charge >= 0.3 is 0 Å². The van der Waals surface area contributed by atoms with Gasteiger partial charge < -0.3 is 10.2 Å². The molecule has 1 aliphatic carbocycles. The molecule has 0 unspecified atom stereocenters. The van der Waals surface area contributed by atoms with Crippen molar-refractivity contribution < 1.29 is 0 Å². The lowest BCUT2D eigenvalue weighted by Gasteiger charge is -2.23. The molecule has 0 bridgehead atoms. The highest BCUT2D eigenvalue weighted by Gasteiger charge is 2.18. The Morgan fingerprint density at radius 2 is 2.20 bits per heavy atom. The average molecular weight is 294 g/mol. The van der Waals surface area contributed by atoms with E-state index in [0.717, 1.165) is 24.8 Å². The zero-order chi connectivity index (χ0) is 13.9. The number of rotatable bonds is 5. The number of nitrogens with one attached hydrogen (secondary N) is 1. The lowest BCUT2D eigenvalue weighted by atomic mass is 10.2. The van der Waals surface area contributed by atoms with Crippen LogP contribution in [0.15, 0.2) is 18.3 Å². The average Bonchev–Trinajstić information content (AvgIpc) is 3.06. The molecule has 1 aliphatic rings. The van der Waals surface area contributed by atoms with Gasteiger partial charge in [-0.2, -0.15) is 4.98 Å². The maximum atomic E-state index is 5.93. The van der Waals surface area contributed by atoms with E-state index in [1.54, 1.807) is 10.7 Å². The van der Waals surface area contributed by atoms with Crippen LogP contribution in [-0.4, -0.2) is 45.7 Å². The molecule has 1 N–H and O–H groups in total. The Labute approximate surface area is 123 Å². The van der Waals surface area contributed by atoms with E-state index < -0.39 is 0 Å². The van der Waals surface area contributed by atoms with E-state index in [1.165, 1.54) is 25.7 Å². The lowest BCUT2D eigenvalue weighted by Crippen LogP contribution is -2.33. The van der Waals surface area contributed by atoms with E-state index in [2.05, 4.69) is 27.3 Å². The van der Waals surface area contributed by atoms with Crippen LogP contribution < -0.4 is 5.32 Å². The summed E-state index contributed by atoms with van der Waals surface area (Å²) < 4.78 is 1.70. The maximum absolute atomic E-state index is 5.93. The van der Waals surface area contributed by atoms with Crippen LogP contribution in [0.25, 0.3) is 5.65 Å². The minimum atomic E-state index is 0.659. The molecule has 108 valence electrons. The van der Waals surface area contributed by atoms with E-state index in [1.807, 2.05) is 12.1 Å². The van der Waals surface area contributed by atoms with Crippen LogP contribution in [0, 0.1) is 0 Å². The Hall–Kier alpha value is -1.33. The van der Waals surface area contributed by atoms with E-state index in [4.69, 9.17) is 11.6 Å². The third-order valence-electron chi connectivity index (χ3n) is 3.99. The van der Waals surface area contributed by atoms with Gasteiger partial charge in [-0.3, -0.25) is 0 Å². The van der Waals surface area contributed by atoms with Crippen LogP contribution in [-0.2, 0) is 0 Å². The fourth-order valence-electron chi connectivity index (χ4n) is 2.80. The topological polar surface area (TPSA) is 45.5 Å². The molecule has 0 saturated heterocycles. The van der Waals surface area contributed by atoms with Crippen molar-refractivity contribution in [2.45, 2.75) is 31.7 Å². The number of halogens is 1. The third-order valence-corrected chi connectivity index (χ3v) is 4.21. The highest BCUT2D eigenvalue weighted by Crippen LogP contribution is 2.21. The Balaban J connectivity index is 1.54. The van der Waals surface area contributed by atoms with E-state index in [0.29, 0.717) is 11.0 Å². The molecule has 0 amide bonds. The highest BCUT2D eigenvalue weighted by atomic mass is 35.5. The summed E-state index contributed by atoms with van der Waals surface area (Å²) >= 11 is 5.93. The summed E-state index contributed by atoms with van der Waals surface area (Å²) in [7, 11) is 2.20. The standard InChI is InChI=1S/C14H20ClN5/c1-19(12-4-2-3-5-12)9-8-16-14-17-13-7-6-11(15)10-20(13)18-14/h6-7,10,12H,2-5,8-9H2,1H3,(H,16,18). The number of pyridine rings is 1. The molecule has 2 aromatic rings. The number of fused-ring (bicyclic) bond motifs is 1. The first kappa shape index (κ1) is 13.6. The summed E-state index contributed by atoms with van der Waals surface area (Å²) in [6.45, 7) is 1.87. The molecule has 1 fully saturated rings. The van der Waals surface area contributed by atoms with Crippen molar-refractivity contribution in [1.82, 2.24) is 19.5 Å². The molecule has 2 heterocycles. The summed E-state index contributed by atoms with van der Waals surface area (Å²) in [5.74, 6) is 0.659. The molecule has 6 heteroatoms. The second kappa shape index (κ2) is 5.97. The Morgan fingerprint density at radius 3 is 3.00 bits per heavy atom. The predicted molar refractivity (Wildman–Crippen MR) is 81.4 cm³/mol. The number of likely N-dealkylation sites (N-methyl/N-ethyl adjacent to an activating group) is 1. The number of hydrogen-bond acceptors (Lipinski definition) is 4. The molecule has 1 saturated carbocycles. The molecule has 0 radical (unpaired) electrons. The fraction of sp³-hybridized carbons (Fsp3) is 0.571. The van der Waals surface area contributed by atoms with Crippen molar-refractivity contribution >= 4 is 23.2 Å². The molecule has 0 aromatic carbocycles. The molecule has 20 heavy (non-hydrogen) atoms. The predicted octanol–water partition coefficient (Wildman–Crippen LogP) is 2.67. The Bertz CT molecular complexity index is 576. The van der Waals surface area contributed by atoms with Crippen LogP contribution in [0.4, 0.5) is 5.95 Å². The van der Waals surface area contributed by atoms with Gasteiger partial charge in [0.05, 0.1) is 5.02 Å². The van der Waals surface area contributed by atoms with Crippen LogP contribution in [0.2, 0.25) is 5.02 Å². The van der Waals surface area contributed by atoms with Gasteiger partial charge in [-0.15, -0.1) is 5.10 Å². The summed E-state index contributed by atoms with van der Waals surface area (Å²) in [4.78, 5) is 6.85. The van der Waals surface area contributed by atoms with Crippen LogP contribution in [0.1, 0.15) is 25.7 Å². The number of hydrogen-bond donors (Lipinski definition) is 1. The first-order valence-corrected chi connectivity index (χ1v) is 7.56. The molecule has 0 aliphatic heterocycles. The van der Waals surface area contributed by atoms with Gasteiger partial charge in [0.1, 0.15) is 0 Å². The second-order valence-corrected chi connectivity index (χ2v) is 5.87. The van der Waals surface area contributed by atoms with Crippen molar-refractivity contribution in [3.05, 3.63) is 23.4 Å². The fourth-order valence-corrected chi connectivity index (χ4v) is 2.96. The second-order valence-electron chi connectivity index (χ2n) is 5.43. The molecule has 5 nitrogen and oxygen atoms in total. The van der Waals surface area contributed by atoms with Gasteiger partial charge in [0.25, 0.3) is 0 Å². The maximum Gasteiger partial charge on any atom is 0.243 e. The molecule has 3 rings (SSSR count). The van der Waals surface area contributed by atoms with Gasteiger partial charge in [-0.25, -0.2) is 4.52 Å². The van der Waals surface area contributed by atoms with Crippen molar-refractivity contribution in [2.75, 3.05) is 25.5 Å². The Morgan fingerprint density at radius 1 is 1.40 bits per heavy atom. The molecule has 0 spiro atoms. The van der Waals surface area contributed by atoms with Gasteiger partial charge in [0.15, 0.2) is 5.65 Å². The van der Waals surface area contributed by atoms with Crippen LogP contribution >= 0.6 is 11.6 Å². The zero-order valence-corrected chi connectivity index (χ0v) is 12.5. The van der Waals surface area contributed by atoms with Crippen molar-refractivity contribution in [1.29, 1.82) is 0 Å². The first-order valence-electron chi connectivity index (χ1n) is 7.18. The van der Waals surface area contributed by atoms with Crippen LogP contribution in [0.3, 0.4) is 0 Å². The first-order chi connectivity index (χ1) is 9.72. The molecular weight excluding hydrogens is 274 g/mol. The Kier molecular flexibility index (Phi) is 4.08. The number of aromatic nitrogens is 3. The minimum Gasteiger partial charge on any atom is -0.352 e. The van der Waals surface area contributed by atoms with Crippen molar-refractivity contribution in [2.24, 2.45) is 0 Å². The van der Waals surface area contributed by atoms with Gasteiger partial charge in [0.2, 0.25) is 5.95 Å². The van der Waals surface area contributed by atoms with E-state index >= 15 is 0 Å². The molecular formula is C14H20ClN5. The van der Waals surface area contributed by atoms with Gasteiger partial charge in [-0.1, -0.05) is 24.4 Å². The smallest absolute Gasteiger partial charge is 0.243 e. The van der Waals surface area contributed by atoms with Crippen LogP contribution in [0.5, 0.6) is 0 Å². The largest absolute Gasteiger partial charge is 0.352 e. The van der Waals surface area contributed by atoms with Crippen molar-refractivity contribution in [3.63, 3.8) is 0 Å². The summed E-state index contributed by atoms with van der Waals surface area (Å²) in [6.07, 6.45) is 7.18. The molecule has 2 aromatic heterocycles. The number of nitrogens with zero attached hydrogens (tertiary/aromatic N) is 4. The van der Waals surface area contributed by atoms with Crippen molar-refractivity contribution in [3.8, 4) is 0 Å². The monoisotopic (exact) mass is 293 g/mol. The SMILES string of the molecule is CN(CCNc1nc2ccc(Cl)cn2n1)C1CCCC1.